The molecule has 0 unspecified atom stereocenters. The van der Waals surface area contributed by atoms with Gasteiger partial charge >= 0.3 is 0 Å². The van der Waals surface area contributed by atoms with E-state index in [9.17, 15) is 4.79 Å². The summed E-state index contributed by atoms with van der Waals surface area (Å²) in [5.41, 5.74) is 0. The van der Waals surface area contributed by atoms with E-state index in [4.69, 9.17) is 0 Å². The smallest absolute Gasteiger partial charge is 0.216 e. The largest absolute Gasteiger partial charge is 0.357 e. The molecule has 0 aromatic carbocycles. The van der Waals surface area contributed by atoms with Gasteiger partial charge in [-0.2, -0.15) is 0 Å². The Morgan fingerprint density at radius 2 is 2.10 bits per heavy atom. The molecule has 0 atom stereocenters. The molecule has 8 nitrogen and oxygen atoms in total. The summed E-state index contributed by atoms with van der Waals surface area (Å²) in [5.74, 6) is 1.68. The molecule has 118 valence electrons. The first-order valence-electron chi connectivity index (χ1n) is 7.30. The van der Waals surface area contributed by atoms with Crippen molar-refractivity contribution in [1.29, 1.82) is 0 Å². The molecular weight excluding hydrogens is 270 g/mol. The zero-order chi connectivity index (χ0) is 15.5. The van der Waals surface area contributed by atoms with Gasteiger partial charge in [-0.25, -0.2) is 0 Å². The van der Waals surface area contributed by atoms with E-state index in [1.807, 2.05) is 11.5 Å². The van der Waals surface area contributed by atoms with Gasteiger partial charge in [0.15, 0.2) is 5.96 Å². The van der Waals surface area contributed by atoms with Crippen LogP contribution in [0.4, 0.5) is 0 Å². The summed E-state index contributed by atoms with van der Waals surface area (Å²) in [5, 5.41) is 17.1. The van der Waals surface area contributed by atoms with Gasteiger partial charge in [0, 0.05) is 39.5 Å². The van der Waals surface area contributed by atoms with Crippen molar-refractivity contribution in [3.8, 4) is 0 Å². The number of nitrogens with one attached hydrogen (secondary N) is 3. The monoisotopic (exact) mass is 295 g/mol. The van der Waals surface area contributed by atoms with E-state index in [1.165, 1.54) is 6.92 Å². The summed E-state index contributed by atoms with van der Waals surface area (Å²) < 4.78 is 2.02. The fourth-order valence-corrected chi connectivity index (χ4v) is 1.78. The molecule has 0 bridgehead atoms. The quantitative estimate of drug-likeness (QED) is 0.342. The van der Waals surface area contributed by atoms with Gasteiger partial charge in [-0.3, -0.25) is 9.79 Å². The van der Waals surface area contributed by atoms with E-state index >= 15 is 0 Å². The molecule has 8 heteroatoms. The number of rotatable bonds is 8. The number of carbonyl (C=O) groups is 1. The van der Waals surface area contributed by atoms with Crippen molar-refractivity contribution in [2.45, 2.75) is 33.7 Å². The second-order valence-electron chi connectivity index (χ2n) is 4.46. The minimum Gasteiger partial charge on any atom is -0.357 e. The highest BCUT2D eigenvalue weighted by Crippen LogP contribution is 1.94. The van der Waals surface area contributed by atoms with Gasteiger partial charge in [0.05, 0.1) is 6.54 Å². The lowest BCUT2D eigenvalue weighted by atomic mass is 10.4. The Balaban J connectivity index is 2.36. The molecular formula is C13H25N7O. The SMILES string of the molecule is CCNC(=NCCNC(C)=O)NCCn1cnnc1CC. The first-order chi connectivity index (χ1) is 10.2. The van der Waals surface area contributed by atoms with Crippen molar-refractivity contribution < 1.29 is 4.79 Å². The van der Waals surface area contributed by atoms with E-state index in [-0.39, 0.29) is 5.91 Å². The van der Waals surface area contributed by atoms with Crippen LogP contribution in [-0.2, 0) is 17.8 Å². The van der Waals surface area contributed by atoms with Crippen molar-refractivity contribution in [3.05, 3.63) is 12.2 Å². The van der Waals surface area contributed by atoms with E-state index in [1.54, 1.807) is 6.33 Å². The molecule has 3 N–H and O–H groups in total. The Morgan fingerprint density at radius 1 is 1.29 bits per heavy atom. The minimum absolute atomic E-state index is 0.0390. The highest BCUT2D eigenvalue weighted by Gasteiger charge is 2.02. The van der Waals surface area contributed by atoms with Crippen LogP contribution >= 0.6 is 0 Å². The zero-order valence-electron chi connectivity index (χ0n) is 13.0. The van der Waals surface area contributed by atoms with Crippen LogP contribution in [-0.4, -0.2) is 52.8 Å². The number of hydrogen-bond acceptors (Lipinski definition) is 4. The molecule has 1 aromatic heterocycles. The second kappa shape index (κ2) is 9.73. The van der Waals surface area contributed by atoms with Crippen molar-refractivity contribution in [3.63, 3.8) is 0 Å². The molecule has 0 spiro atoms. The van der Waals surface area contributed by atoms with Crippen LogP contribution in [0.25, 0.3) is 0 Å². The average molecular weight is 295 g/mol. The minimum atomic E-state index is -0.0390. The predicted molar refractivity (Wildman–Crippen MR) is 82.1 cm³/mol. The van der Waals surface area contributed by atoms with Gasteiger partial charge in [-0.1, -0.05) is 6.92 Å². The number of guanidine groups is 1. The third-order valence-corrected chi connectivity index (χ3v) is 2.76. The third kappa shape index (κ3) is 6.73. The lowest BCUT2D eigenvalue weighted by Crippen LogP contribution is -2.39. The van der Waals surface area contributed by atoms with Crippen molar-refractivity contribution in [1.82, 2.24) is 30.7 Å². The van der Waals surface area contributed by atoms with Crippen LogP contribution in [0.5, 0.6) is 0 Å². The molecule has 0 fully saturated rings. The number of hydrogen-bond donors (Lipinski definition) is 3. The molecule has 0 aliphatic rings. The molecule has 0 aliphatic heterocycles. The van der Waals surface area contributed by atoms with Crippen LogP contribution in [0.15, 0.2) is 11.3 Å². The van der Waals surface area contributed by atoms with Gasteiger partial charge in [0.1, 0.15) is 12.2 Å². The maximum Gasteiger partial charge on any atom is 0.216 e. The Hall–Kier alpha value is -2.12. The molecule has 1 aromatic rings. The fraction of sp³-hybridized carbons (Fsp3) is 0.692. The molecule has 0 saturated carbocycles. The molecule has 1 rings (SSSR count). The molecule has 0 saturated heterocycles. The number of amides is 1. The van der Waals surface area contributed by atoms with Crippen LogP contribution in [0.1, 0.15) is 26.6 Å². The van der Waals surface area contributed by atoms with Crippen LogP contribution in [0.2, 0.25) is 0 Å². The van der Waals surface area contributed by atoms with Gasteiger partial charge in [-0.05, 0) is 6.92 Å². The number of aryl methyl sites for hydroxylation is 1. The lowest BCUT2D eigenvalue weighted by molar-refractivity contribution is -0.118. The summed E-state index contributed by atoms with van der Waals surface area (Å²) >= 11 is 0. The standard InChI is InChI=1S/C13H25N7O/c1-4-12-19-18-10-20(12)9-8-17-13(14-5-2)16-7-6-15-11(3)21/h10H,4-9H2,1-3H3,(H,15,21)(H2,14,16,17). The molecule has 0 aliphatic carbocycles. The molecule has 21 heavy (non-hydrogen) atoms. The molecule has 1 amide bonds. The van der Waals surface area contributed by atoms with E-state index in [2.05, 4.69) is 38.1 Å². The Kier molecular flexibility index (Phi) is 7.85. The first-order valence-corrected chi connectivity index (χ1v) is 7.30. The van der Waals surface area contributed by atoms with Gasteiger partial charge < -0.3 is 20.5 Å². The highest BCUT2D eigenvalue weighted by atomic mass is 16.1. The van der Waals surface area contributed by atoms with Crippen LogP contribution < -0.4 is 16.0 Å². The van der Waals surface area contributed by atoms with E-state index in [0.717, 1.165) is 37.8 Å². The summed E-state index contributed by atoms with van der Waals surface area (Å²) in [6.45, 7) is 8.96. The normalized spacial score (nSPS) is 11.3. The van der Waals surface area contributed by atoms with Crippen molar-refractivity contribution in [2.75, 3.05) is 26.2 Å². The van der Waals surface area contributed by atoms with Crippen LogP contribution in [0, 0.1) is 0 Å². The Labute approximate surface area is 125 Å². The van der Waals surface area contributed by atoms with E-state index in [0.29, 0.717) is 13.1 Å². The van der Waals surface area contributed by atoms with Crippen molar-refractivity contribution in [2.24, 2.45) is 4.99 Å². The zero-order valence-corrected chi connectivity index (χ0v) is 13.0. The Bertz CT molecular complexity index is 455. The highest BCUT2D eigenvalue weighted by molar-refractivity contribution is 5.79. The predicted octanol–water partition coefficient (Wildman–Crippen LogP) is -0.468. The Morgan fingerprint density at radius 3 is 2.76 bits per heavy atom. The summed E-state index contributed by atoms with van der Waals surface area (Å²) in [4.78, 5) is 15.2. The van der Waals surface area contributed by atoms with Gasteiger partial charge in [-0.15, -0.1) is 10.2 Å². The second-order valence-corrected chi connectivity index (χ2v) is 4.46. The number of aromatic nitrogens is 3. The number of nitrogens with zero attached hydrogens (tertiary/aromatic N) is 4. The summed E-state index contributed by atoms with van der Waals surface area (Å²) in [6, 6.07) is 0. The summed E-state index contributed by atoms with van der Waals surface area (Å²) in [6.07, 6.45) is 2.60. The first kappa shape index (κ1) is 16.9. The topological polar surface area (TPSA) is 96.2 Å². The third-order valence-electron chi connectivity index (χ3n) is 2.76. The van der Waals surface area contributed by atoms with Crippen molar-refractivity contribution >= 4 is 11.9 Å². The molecule has 0 radical (unpaired) electrons. The lowest BCUT2D eigenvalue weighted by Gasteiger charge is -2.12. The summed E-state index contributed by atoms with van der Waals surface area (Å²) in [7, 11) is 0. The fourth-order valence-electron chi connectivity index (χ4n) is 1.78. The van der Waals surface area contributed by atoms with Crippen LogP contribution in [0.3, 0.4) is 0 Å². The van der Waals surface area contributed by atoms with E-state index < -0.39 is 0 Å². The number of aliphatic imine (C=N–C) groups is 1. The maximum absolute atomic E-state index is 10.8. The van der Waals surface area contributed by atoms with Gasteiger partial charge in [0.2, 0.25) is 5.91 Å². The maximum atomic E-state index is 10.8. The molecule has 1 heterocycles. The average Bonchev–Trinajstić information content (AvgIpc) is 2.90. The number of carbonyl (C=O) groups excluding carboxylic acids is 1. The van der Waals surface area contributed by atoms with Gasteiger partial charge in [0.25, 0.3) is 0 Å².